The van der Waals surface area contributed by atoms with E-state index in [-0.39, 0.29) is 0 Å². The molecule has 0 spiro atoms. The van der Waals surface area contributed by atoms with E-state index in [2.05, 4.69) is 4.74 Å². The van der Waals surface area contributed by atoms with Crippen LogP contribution in [0.2, 0.25) is 0 Å². The van der Waals surface area contributed by atoms with Crippen LogP contribution in [0.5, 0.6) is 0 Å². The second-order valence-corrected chi connectivity index (χ2v) is 2.85. The molecule has 0 aromatic carbocycles. The molecule has 0 aromatic rings. The zero-order valence-corrected chi connectivity index (χ0v) is 6.74. The lowest BCUT2D eigenvalue weighted by Gasteiger charge is -2.32. The zero-order chi connectivity index (χ0) is 11.0. The van der Waals surface area contributed by atoms with E-state index in [1.54, 1.807) is 0 Å². The van der Waals surface area contributed by atoms with Crippen molar-refractivity contribution < 1.29 is 31.1 Å². The summed E-state index contributed by atoms with van der Waals surface area (Å²) in [6.07, 6.45) is -14.3. The zero-order valence-electron chi connectivity index (χ0n) is 6.74. The maximum atomic E-state index is 12.0. The van der Waals surface area contributed by atoms with E-state index in [0.29, 0.717) is 0 Å². The van der Waals surface area contributed by atoms with E-state index >= 15 is 0 Å². The molecule has 1 aliphatic heterocycles. The largest absolute Gasteiger partial charge is 0.415 e. The Kier molecular flexibility index (Phi) is 2.96. The topological polar surface area (TPSA) is 21.3 Å². The number of morpholine rings is 1. The number of ether oxygens (including phenoxy) is 1. The second kappa shape index (κ2) is 3.58. The molecule has 0 aliphatic carbocycles. The molecular formula is C6H7F6NO. The molecule has 0 radical (unpaired) electrons. The standard InChI is InChI=1S/C6H7F6NO/c7-5(8,9)3-1-13-2-4(14-3)6(10,11)12/h3-4,13H,1-2H2. The molecule has 1 aliphatic rings. The van der Waals surface area contributed by atoms with Crippen LogP contribution in [-0.4, -0.2) is 37.7 Å². The third-order valence-corrected chi connectivity index (χ3v) is 1.72. The molecule has 1 heterocycles. The molecule has 2 atom stereocenters. The molecule has 2 nitrogen and oxygen atoms in total. The van der Waals surface area contributed by atoms with Crippen LogP contribution < -0.4 is 5.32 Å². The third kappa shape index (κ3) is 2.74. The van der Waals surface area contributed by atoms with Crippen molar-refractivity contribution in [1.82, 2.24) is 5.32 Å². The molecular weight excluding hydrogens is 216 g/mol. The summed E-state index contributed by atoms with van der Waals surface area (Å²) in [6, 6.07) is 0. The average molecular weight is 223 g/mol. The lowest BCUT2D eigenvalue weighted by molar-refractivity contribution is -0.293. The van der Waals surface area contributed by atoms with E-state index in [1.807, 2.05) is 5.32 Å². The molecule has 1 N–H and O–H groups in total. The molecule has 14 heavy (non-hydrogen) atoms. The highest BCUT2D eigenvalue weighted by Crippen LogP contribution is 2.31. The van der Waals surface area contributed by atoms with Crippen molar-refractivity contribution in [2.24, 2.45) is 0 Å². The van der Waals surface area contributed by atoms with Gasteiger partial charge in [-0.2, -0.15) is 26.3 Å². The summed E-state index contributed by atoms with van der Waals surface area (Å²) in [4.78, 5) is 0. The predicted octanol–water partition coefficient (Wildman–Crippen LogP) is 1.47. The minimum absolute atomic E-state index is 0.643. The smallest absolute Gasteiger partial charge is 0.353 e. The summed E-state index contributed by atoms with van der Waals surface area (Å²) < 4.78 is 75.7. The molecule has 0 saturated carbocycles. The van der Waals surface area contributed by atoms with Gasteiger partial charge in [0.05, 0.1) is 0 Å². The maximum absolute atomic E-state index is 12.0. The summed E-state index contributed by atoms with van der Waals surface area (Å²) >= 11 is 0. The van der Waals surface area contributed by atoms with Gasteiger partial charge in [-0.15, -0.1) is 0 Å². The van der Waals surface area contributed by atoms with Crippen molar-refractivity contribution in [2.75, 3.05) is 13.1 Å². The molecule has 1 rings (SSSR count). The van der Waals surface area contributed by atoms with Crippen LogP contribution in [0.3, 0.4) is 0 Å². The Balaban J connectivity index is 2.61. The second-order valence-electron chi connectivity index (χ2n) is 2.85. The summed E-state index contributed by atoms with van der Waals surface area (Å²) in [5.41, 5.74) is 0. The number of hydrogen-bond acceptors (Lipinski definition) is 2. The monoisotopic (exact) mass is 223 g/mol. The van der Waals surface area contributed by atoms with Crippen molar-refractivity contribution in [3.63, 3.8) is 0 Å². The predicted molar refractivity (Wildman–Crippen MR) is 33.6 cm³/mol. The number of hydrogen-bond donors (Lipinski definition) is 1. The van der Waals surface area contributed by atoms with Gasteiger partial charge < -0.3 is 10.1 Å². The van der Waals surface area contributed by atoms with Crippen LogP contribution in [0.25, 0.3) is 0 Å². The van der Waals surface area contributed by atoms with Gasteiger partial charge in [0.15, 0.2) is 12.2 Å². The van der Waals surface area contributed by atoms with E-state index in [0.717, 1.165) is 0 Å². The Morgan fingerprint density at radius 3 is 1.50 bits per heavy atom. The van der Waals surface area contributed by atoms with Gasteiger partial charge in [0.2, 0.25) is 0 Å². The summed E-state index contributed by atoms with van der Waals surface area (Å²) in [6.45, 7) is -1.29. The van der Waals surface area contributed by atoms with Crippen molar-refractivity contribution in [1.29, 1.82) is 0 Å². The molecule has 2 unspecified atom stereocenters. The Morgan fingerprint density at radius 2 is 1.21 bits per heavy atom. The van der Waals surface area contributed by atoms with Crippen LogP contribution in [0.1, 0.15) is 0 Å². The van der Waals surface area contributed by atoms with E-state index in [9.17, 15) is 26.3 Å². The third-order valence-electron chi connectivity index (χ3n) is 1.72. The SMILES string of the molecule is FC(F)(F)C1CNCC(C(F)(F)F)O1. The fraction of sp³-hybridized carbons (Fsp3) is 1.00. The molecule has 0 bridgehead atoms. The Bertz CT molecular complexity index is 179. The normalized spacial score (nSPS) is 30.4. The Morgan fingerprint density at radius 1 is 0.857 bits per heavy atom. The lowest BCUT2D eigenvalue weighted by atomic mass is 10.2. The van der Waals surface area contributed by atoms with Gasteiger partial charge >= 0.3 is 12.4 Å². The molecule has 1 saturated heterocycles. The fourth-order valence-corrected chi connectivity index (χ4v) is 1.03. The van der Waals surface area contributed by atoms with Crippen molar-refractivity contribution in [3.8, 4) is 0 Å². The van der Waals surface area contributed by atoms with Crippen molar-refractivity contribution in [2.45, 2.75) is 24.6 Å². The Hall–Kier alpha value is -0.500. The first-order valence-electron chi connectivity index (χ1n) is 3.71. The molecule has 0 aromatic heterocycles. The van der Waals surface area contributed by atoms with Gasteiger partial charge in [-0.05, 0) is 0 Å². The van der Waals surface area contributed by atoms with Gasteiger partial charge in [0, 0.05) is 13.1 Å². The van der Waals surface area contributed by atoms with Gasteiger partial charge in [-0.1, -0.05) is 0 Å². The average Bonchev–Trinajstić information content (AvgIpc) is 2.01. The van der Waals surface area contributed by atoms with Gasteiger partial charge in [-0.3, -0.25) is 0 Å². The van der Waals surface area contributed by atoms with E-state index in [1.165, 1.54) is 0 Å². The van der Waals surface area contributed by atoms with Crippen LogP contribution in [0.4, 0.5) is 26.3 Å². The van der Waals surface area contributed by atoms with Crippen LogP contribution in [0.15, 0.2) is 0 Å². The van der Waals surface area contributed by atoms with Gasteiger partial charge in [0.1, 0.15) is 0 Å². The van der Waals surface area contributed by atoms with Crippen LogP contribution in [0, 0.1) is 0 Å². The first-order valence-corrected chi connectivity index (χ1v) is 3.71. The minimum atomic E-state index is -4.77. The van der Waals surface area contributed by atoms with Crippen LogP contribution >= 0.6 is 0 Å². The van der Waals surface area contributed by atoms with Crippen molar-refractivity contribution in [3.05, 3.63) is 0 Å². The summed E-state index contributed by atoms with van der Waals surface area (Å²) in [5, 5.41) is 2.03. The van der Waals surface area contributed by atoms with Gasteiger partial charge in [0.25, 0.3) is 0 Å². The highest BCUT2D eigenvalue weighted by Gasteiger charge is 2.50. The van der Waals surface area contributed by atoms with Gasteiger partial charge in [-0.25, -0.2) is 0 Å². The lowest BCUT2D eigenvalue weighted by Crippen LogP contribution is -2.55. The molecule has 8 heteroatoms. The fourth-order valence-electron chi connectivity index (χ4n) is 1.03. The molecule has 1 fully saturated rings. The number of nitrogens with one attached hydrogen (secondary N) is 1. The molecule has 0 amide bonds. The minimum Gasteiger partial charge on any atom is -0.353 e. The first kappa shape index (κ1) is 11.6. The number of alkyl halides is 6. The van der Waals surface area contributed by atoms with Crippen molar-refractivity contribution >= 4 is 0 Å². The number of halogens is 6. The van der Waals surface area contributed by atoms with E-state index < -0.39 is 37.7 Å². The highest BCUT2D eigenvalue weighted by atomic mass is 19.4. The molecule has 84 valence electrons. The quantitative estimate of drug-likeness (QED) is 0.628. The van der Waals surface area contributed by atoms with E-state index in [4.69, 9.17) is 0 Å². The maximum Gasteiger partial charge on any atom is 0.415 e. The number of rotatable bonds is 0. The van der Waals surface area contributed by atoms with Crippen LogP contribution in [-0.2, 0) is 4.74 Å². The Labute approximate surface area is 75.2 Å². The summed E-state index contributed by atoms with van der Waals surface area (Å²) in [7, 11) is 0. The first-order chi connectivity index (χ1) is 6.21. The summed E-state index contributed by atoms with van der Waals surface area (Å²) in [5.74, 6) is 0. The highest BCUT2D eigenvalue weighted by molar-refractivity contribution is 4.82.